The summed E-state index contributed by atoms with van der Waals surface area (Å²) in [6, 6.07) is 6.28. The Morgan fingerprint density at radius 3 is 2.65 bits per heavy atom. The third-order valence-electron chi connectivity index (χ3n) is 3.34. The molecule has 0 unspecified atom stereocenters. The first-order valence-electron chi connectivity index (χ1n) is 6.45. The average Bonchev–Trinajstić information content (AvgIpc) is 3.12. The van der Waals surface area contributed by atoms with Crippen molar-refractivity contribution < 1.29 is 4.79 Å². The molecule has 0 radical (unpaired) electrons. The molecule has 92 valence electrons. The summed E-state index contributed by atoms with van der Waals surface area (Å²) < 4.78 is 0. The van der Waals surface area contributed by atoms with Crippen molar-refractivity contribution in [2.24, 2.45) is 5.92 Å². The maximum absolute atomic E-state index is 12.4. The first-order chi connectivity index (χ1) is 8.15. The number of benzene rings is 1. The van der Waals surface area contributed by atoms with Gasteiger partial charge in [0, 0.05) is 18.0 Å². The molecule has 0 amide bonds. The highest BCUT2D eigenvalue weighted by molar-refractivity contribution is 6.00. The second kappa shape index (κ2) is 5.01. The van der Waals surface area contributed by atoms with Gasteiger partial charge < -0.3 is 5.32 Å². The van der Waals surface area contributed by atoms with Crippen LogP contribution in [0.1, 0.15) is 54.1 Å². The molecule has 0 heterocycles. The molecule has 2 nitrogen and oxygen atoms in total. The van der Waals surface area contributed by atoms with Crippen LogP contribution in [0.3, 0.4) is 0 Å². The zero-order valence-corrected chi connectivity index (χ0v) is 10.9. The minimum atomic E-state index is 0.0745. The van der Waals surface area contributed by atoms with Crippen molar-refractivity contribution >= 4 is 5.78 Å². The average molecular weight is 231 g/mol. The monoisotopic (exact) mass is 231 g/mol. The van der Waals surface area contributed by atoms with Crippen LogP contribution in [0.25, 0.3) is 0 Å². The van der Waals surface area contributed by atoms with Gasteiger partial charge in [-0.3, -0.25) is 4.79 Å². The van der Waals surface area contributed by atoms with Gasteiger partial charge in [-0.15, -0.1) is 0 Å². The lowest BCUT2D eigenvalue weighted by Gasteiger charge is -2.15. The van der Waals surface area contributed by atoms with Crippen molar-refractivity contribution in [3.63, 3.8) is 0 Å². The van der Waals surface area contributed by atoms with E-state index in [9.17, 15) is 4.79 Å². The van der Waals surface area contributed by atoms with E-state index in [0.717, 1.165) is 17.7 Å². The molecule has 2 heteroatoms. The molecule has 1 aliphatic carbocycles. The van der Waals surface area contributed by atoms with E-state index >= 15 is 0 Å². The van der Waals surface area contributed by atoms with Crippen LogP contribution in [0, 0.1) is 5.92 Å². The van der Waals surface area contributed by atoms with Crippen LogP contribution < -0.4 is 5.32 Å². The molecule has 0 saturated heterocycles. The number of ketones is 1. The molecule has 1 aromatic rings. The topological polar surface area (TPSA) is 29.1 Å². The SMILES string of the molecule is CNCc1cccc(C2CC2)c1C(=O)C(C)C. The summed E-state index contributed by atoms with van der Waals surface area (Å²) in [4.78, 5) is 12.4. The minimum Gasteiger partial charge on any atom is -0.316 e. The van der Waals surface area contributed by atoms with Crippen LogP contribution in [0.15, 0.2) is 18.2 Å². The second-order valence-corrected chi connectivity index (χ2v) is 5.20. The van der Waals surface area contributed by atoms with E-state index in [1.54, 1.807) is 0 Å². The highest BCUT2D eigenvalue weighted by Gasteiger charge is 2.29. The summed E-state index contributed by atoms with van der Waals surface area (Å²) in [5.41, 5.74) is 3.41. The fraction of sp³-hybridized carbons (Fsp3) is 0.533. The van der Waals surface area contributed by atoms with Crippen LogP contribution in [0.5, 0.6) is 0 Å². The van der Waals surface area contributed by atoms with E-state index in [2.05, 4.69) is 23.5 Å². The number of rotatable bonds is 5. The molecule has 1 aromatic carbocycles. The fourth-order valence-electron chi connectivity index (χ4n) is 2.28. The molecule has 0 bridgehead atoms. The van der Waals surface area contributed by atoms with E-state index in [1.165, 1.54) is 18.4 Å². The Balaban J connectivity index is 2.45. The number of hydrogen-bond donors (Lipinski definition) is 1. The van der Waals surface area contributed by atoms with Crippen molar-refractivity contribution in [2.75, 3.05) is 7.05 Å². The molecule has 1 N–H and O–H groups in total. The van der Waals surface area contributed by atoms with Gasteiger partial charge in [0.05, 0.1) is 0 Å². The molecule has 1 fully saturated rings. The van der Waals surface area contributed by atoms with Crippen molar-refractivity contribution in [1.82, 2.24) is 5.32 Å². The van der Waals surface area contributed by atoms with E-state index < -0.39 is 0 Å². The van der Waals surface area contributed by atoms with Gasteiger partial charge in [-0.2, -0.15) is 0 Å². The van der Waals surface area contributed by atoms with Gasteiger partial charge in [0.1, 0.15) is 0 Å². The number of Topliss-reactive ketones (excluding diaryl/α,β-unsaturated/α-hetero) is 1. The Kier molecular flexibility index (Phi) is 3.63. The van der Waals surface area contributed by atoms with Gasteiger partial charge in [0.2, 0.25) is 0 Å². The van der Waals surface area contributed by atoms with E-state index in [4.69, 9.17) is 0 Å². The largest absolute Gasteiger partial charge is 0.316 e. The minimum absolute atomic E-state index is 0.0745. The van der Waals surface area contributed by atoms with Crippen LogP contribution >= 0.6 is 0 Å². The highest BCUT2D eigenvalue weighted by atomic mass is 16.1. The van der Waals surface area contributed by atoms with Crippen LogP contribution in [0.2, 0.25) is 0 Å². The van der Waals surface area contributed by atoms with Gasteiger partial charge >= 0.3 is 0 Å². The Morgan fingerprint density at radius 2 is 2.12 bits per heavy atom. The molecule has 0 aliphatic heterocycles. The number of carbonyl (C=O) groups is 1. The Hall–Kier alpha value is -1.15. The predicted octanol–water partition coefficient (Wildman–Crippen LogP) is 3.12. The van der Waals surface area contributed by atoms with E-state index in [1.807, 2.05) is 20.9 Å². The van der Waals surface area contributed by atoms with Crippen molar-refractivity contribution in [2.45, 2.75) is 39.2 Å². The molecule has 2 rings (SSSR count). The van der Waals surface area contributed by atoms with Gasteiger partial charge in [-0.25, -0.2) is 0 Å². The molecule has 17 heavy (non-hydrogen) atoms. The summed E-state index contributed by atoms with van der Waals surface area (Å²) in [6.45, 7) is 4.73. The Bertz CT molecular complexity index is 419. The third-order valence-corrected chi connectivity index (χ3v) is 3.34. The van der Waals surface area contributed by atoms with Gasteiger partial charge in [-0.1, -0.05) is 32.0 Å². The molecular weight excluding hydrogens is 210 g/mol. The van der Waals surface area contributed by atoms with Crippen LogP contribution in [-0.4, -0.2) is 12.8 Å². The van der Waals surface area contributed by atoms with Gasteiger partial charge in [-0.05, 0) is 36.9 Å². The second-order valence-electron chi connectivity index (χ2n) is 5.20. The molecule has 1 aliphatic rings. The summed E-state index contributed by atoms with van der Waals surface area (Å²) in [6.07, 6.45) is 2.47. The zero-order chi connectivity index (χ0) is 12.4. The van der Waals surface area contributed by atoms with Crippen molar-refractivity contribution in [3.05, 3.63) is 34.9 Å². The lowest BCUT2D eigenvalue weighted by molar-refractivity contribution is 0.0937. The Labute approximate surface area is 103 Å². The lowest BCUT2D eigenvalue weighted by atomic mass is 9.90. The zero-order valence-electron chi connectivity index (χ0n) is 10.9. The van der Waals surface area contributed by atoms with Crippen molar-refractivity contribution in [1.29, 1.82) is 0 Å². The Morgan fingerprint density at radius 1 is 1.41 bits per heavy atom. The maximum atomic E-state index is 12.4. The number of nitrogens with one attached hydrogen (secondary N) is 1. The third kappa shape index (κ3) is 2.58. The summed E-state index contributed by atoms with van der Waals surface area (Å²) in [5.74, 6) is 0.993. The van der Waals surface area contributed by atoms with E-state index in [-0.39, 0.29) is 11.7 Å². The first kappa shape index (κ1) is 12.3. The summed E-state index contributed by atoms with van der Waals surface area (Å²) >= 11 is 0. The molecule has 0 spiro atoms. The van der Waals surface area contributed by atoms with Crippen LogP contribution in [-0.2, 0) is 6.54 Å². The molecule has 0 atom stereocenters. The summed E-state index contributed by atoms with van der Waals surface area (Å²) in [7, 11) is 1.92. The number of carbonyl (C=O) groups excluding carboxylic acids is 1. The molecular formula is C15H21NO. The maximum Gasteiger partial charge on any atom is 0.166 e. The summed E-state index contributed by atoms with van der Waals surface area (Å²) in [5, 5.41) is 3.15. The van der Waals surface area contributed by atoms with Crippen molar-refractivity contribution in [3.8, 4) is 0 Å². The smallest absolute Gasteiger partial charge is 0.166 e. The fourth-order valence-corrected chi connectivity index (χ4v) is 2.28. The lowest BCUT2D eigenvalue weighted by Crippen LogP contribution is -2.16. The van der Waals surface area contributed by atoms with Gasteiger partial charge in [0.25, 0.3) is 0 Å². The number of hydrogen-bond acceptors (Lipinski definition) is 2. The molecule has 0 aromatic heterocycles. The standard InChI is InChI=1S/C15H21NO/c1-10(2)15(17)14-12(9-16-3)5-4-6-13(14)11-7-8-11/h4-6,10-11,16H,7-9H2,1-3H3. The quantitative estimate of drug-likeness (QED) is 0.789. The van der Waals surface area contributed by atoms with Gasteiger partial charge in [0.15, 0.2) is 5.78 Å². The molecule has 1 saturated carbocycles. The normalized spacial score (nSPS) is 15.3. The highest BCUT2D eigenvalue weighted by Crippen LogP contribution is 2.42. The first-order valence-corrected chi connectivity index (χ1v) is 6.45. The van der Waals surface area contributed by atoms with E-state index in [0.29, 0.717) is 5.92 Å². The van der Waals surface area contributed by atoms with Crippen LogP contribution in [0.4, 0.5) is 0 Å². The predicted molar refractivity (Wildman–Crippen MR) is 70.3 cm³/mol.